The molecule has 1 aliphatic heterocycles. The molecule has 1 saturated carbocycles. The molecule has 0 saturated heterocycles. The highest BCUT2D eigenvalue weighted by atomic mass is 35.5. The maximum absolute atomic E-state index is 14.0. The number of rotatable bonds is 5. The van der Waals surface area contributed by atoms with Gasteiger partial charge < -0.3 is 9.84 Å². The van der Waals surface area contributed by atoms with Gasteiger partial charge in [0.1, 0.15) is 18.2 Å². The van der Waals surface area contributed by atoms with Gasteiger partial charge >= 0.3 is 6.18 Å². The summed E-state index contributed by atoms with van der Waals surface area (Å²) in [6, 6.07) is 12.0. The van der Waals surface area contributed by atoms with Crippen molar-refractivity contribution < 1.29 is 27.4 Å². The van der Waals surface area contributed by atoms with Crippen molar-refractivity contribution in [2.75, 3.05) is 6.61 Å². The lowest BCUT2D eigenvalue weighted by atomic mass is 9.67. The Morgan fingerprint density at radius 2 is 1.81 bits per heavy atom. The first kappa shape index (κ1) is 22.8. The fourth-order valence-electron chi connectivity index (χ4n) is 4.44. The quantitative estimate of drug-likeness (QED) is 0.523. The van der Waals surface area contributed by atoms with E-state index in [1.807, 2.05) is 6.08 Å². The normalized spacial score (nSPS) is 24.9. The molecule has 0 bridgehead atoms. The van der Waals surface area contributed by atoms with Gasteiger partial charge in [-0.1, -0.05) is 23.7 Å². The summed E-state index contributed by atoms with van der Waals surface area (Å²) >= 11 is 5.87. The summed E-state index contributed by atoms with van der Waals surface area (Å²) in [6.07, 6.45) is -0.466. The summed E-state index contributed by atoms with van der Waals surface area (Å²) in [6.45, 7) is -0.910. The maximum atomic E-state index is 14.0. The minimum absolute atomic E-state index is 0.00938. The van der Waals surface area contributed by atoms with Crippen LogP contribution in [-0.4, -0.2) is 29.7 Å². The minimum atomic E-state index is -4.86. The van der Waals surface area contributed by atoms with Crippen molar-refractivity contribution in [1.82, 2.24) is 0 Å². The van der Waals surface area contributed by atoms with E-state index in [9.17, 15) is 22.7 Å². The summed E-state index contributed by atoms with van der Waals surface area (Å²) in [7, 11) is 0. The fourth-order valence-corrected chi connectivity index (χ4v) is 4.62. The summed E-state index contributed by atoms with van der Waals surface area (Å²) < 4.78 is 60.4. The molecule has 3 nitrogen and oxygen atoms in total. The van der Waals surface area contributed by atoms with Crippen molar-refractivity contribution in [3.8, 4) is 5.75 Å². The first-order chi connectivity index (χ1) is 15.2. The lowest BCUT2D eigenvalue weighted by Crippen LogP contribution is -2.57. The molecule has 4 rings (SSSR count). The molecule has 170 valence electrons. The molecular weight excluding hydrogens is 446 g/mol. The molecule has 32 heavy (non-hydrogen) atoms. The van der Waals surface area contributed by atoms with E-state index in [1.165, 1.54) is 24.3 Å². The second kappa shape index (κ2) is 8.87. The smallest absolute Gasteiger partial charge is 0.420 e. The third-order valence-corrected chi connectivity index (χ3v) is 6.53. The molecule has 1 heterocycles. The Balaban J connectivity index is 1.49. The first-order valence-electron chi connectivity index (χ1n) is 10.3. The third-order valence-electron chi connectivity index (χ3n) is 6.29. The number of aliphatic imine (C=N–C) groups is 1. The van der Waals surface area contributed by atoms with Crippen molar-refractivity contribution in [2.24, 2.45) is 22.7 Å². The molecule has 2 aromatic rings. The van der Waals surface area contributed by atoms with Gasteiger partial charge in [0.25, 0.3) is 0 Å². The summed E-state index contributed by atoms with van der Waals surface area (Å²) in [5.41, 5.74) is -1.56. The van der Waals surface area contributed by atoms with Gasteiger partial charge in [-0.25, -0.2) is 4.39 Å². The fraction of sp³-hybridized carbons (Fsp3) is 0.375. The van der Waals surface area contributed by atoms with Crippen LogP contribution in [0.2, 0.25) is 5.02 Å². The molecule has 0 amide bonds. The van der Waals surface area contributed by atoms with E-state index in [-0.39, 0.29) is 36.2 Å². The molecule has 0 radical (unpaired) electrons. The first-order valence-corrected chi connectivity index (χ1v) is 10.7. The zero-order valence-corrected chi connectivity index (χ0v) is 17.8. The topological polar surface area (TPSA) is 41.8 Å². The molecule has 0 aromatic heterocycles. The molecule has 2 aliphatic rings. The maximum Gasteiger partial charge on any atom is 0.420 e. The van der Waals surface area contributed by atoms with Gasteiger partial charge in [-0.3, -0.25) is 4.99 Å². The third kappa shape index (κ3) is 4.69. The molecule has 1 N–H and O–H groups in total. The Morgan fingerprint density at radius 3 is 2.50 bits per heavy atom. The Kier molecular flexibility index (Phi) is 6.32. The molecule has 2 aromatic carbocycles. The van der Waals surface area contributed by atoms with Crippen molar-refractivity contribution in [1.29, 1.82) is 0 Å². The number of fused-ring (bicyclic) bond motifs is 1. The van der Waals surface area contributed by atoms with Crippen LogP contribution < -0.4 is 4.74 Å². The Morgan fingerprint density at radius 1 is 1.06 bits per heavy atom. The average Bonchev–Trinajstić information content (AvgIpc) is 2.76. The predicted octanol–water partition coefficient (Wildman–Crippen LogP) is 6.31. The van der Waals surface area contributed by atoms with Crippen molar-refractivity contribution in [3.05, 3.63) is 71.0 Å². The number of nitrogens with zero attached hydrogens (tertiary/aromatic N) is 1. The van der Waals surface area contributed by atoms with Gasteiger partial charge in [0.2, 0.25) is 0 Å². The van der Waals surface area contributed by atoms with Crippen LogP contribution in [0.25, 0.3) is 5.70 Å². The molecule has 8 heteroatoms. The van der Waals surface area contributed by atoms with Gasteiger partial charge in [0.15, 0.2) is 5.60 Å². The number of ether oxygens (including phenoxy) is 1. The summed E-state index contributed by atoms with van der Waals surface area (Å²) in [4.78, 5) is 4.40. The second-order valence-electron chi connectivity index (χ2n) is 8.34. The van der Waals surface area contributed by atoms with Gasteiger partial charge in [-0.2, -0.15) is 13.2 Å². The van der Waals surface area contributed by atoms with Crippen LogP contribution >= 0.6 is 11.6 Å². The molecule has 4 atom stereocenters. The monoisotopic (exact) mass is 467 g/mol. The SMILES string of the molecule is OC(COc1cccc(Cl)c1)(C1CCC2C=C(c3ccc(F)cc3)N=CC2C1)C(F)(F)F. The second-order valence-corrected chi connectivity index (χ2v) is 8.78. The van der Waals surface area contributed by atoms with E-state index in [0.29, 0.717) is 17.1 Å². The van der Waals surface area contributed by atoms with Crippen LogP contribution in [0.4, 0.5) is 17.6 Å². The number of aliphatic hydroxyl groups is 1. The number of hydrogen-bond donors (Lipinski definition) is 1. The number of hydrogen-bond acceptors (Lipinski definition) is 3. The number of alkyl halides is 3. The Hall–Kier alpha value is -2.38. The molecule has 4 unspecified atom stereocenters. The molecule has 1 fully saturated rings. The molecule has 0 spiro atoms. The largest absolute Gasteiger partial charge is 0.490 e. The number of allylic oxidation sites excluding steroid dienone is 1. The Bertz CT molecular complexity index is 1020. The van der Waals surface area contributed by atoms with E-state index < -0.39 is 24.3 Å². The van der Waals surface area contributed by atoms with Crippen LogP contribution in [-0.2, 0) is 0 Å². The van der Waals surface area contributed by atoms with E-state index in [0.717, 1.165) is 5.56 Å². The highest BCUT2D eigenvalue weighted by molar-refractivity contribution is 6.30. The lowest BCUT2D eigenvalue weighted by Gasteiger charge is -2.43. The zero-order chi connectivity index (χ0) is 22.9. The number of halogens is 5. The molecule has 1 aliphatic carbocycles. The van der Waals surface area contributed by atoms with Gasteiger partial charge in [-0.05, 0) is 73.2 Å². The van der Waals surface area contributed by atoms with Gasteiger partial charge in [0.05, 0.1) is 5.70 Å². The average molecular weight is 468 g/mol. The van der Waals surface area contributed by atoms with Crippen LogP contribution in [0.15, 0.2) is 59.6 Å². The minimum Gasteiger partial charge on any atom is -0.490 e. The highest BCUT2D eigenvalue weighted by Crippen LogP contribution is 2.47. The number of benzene rings is 2. The zero-order valence-electron chi connectivity index (χ0n) is 17.0. The van der Waals surface area contributed by atoms with Crippen LogP contribution in [0.3, 0.4) is 0 Å². The van der Waals surface area contributed by atoms with Gasteiger partial charge in [-0.15, -0.1) is 0 Å². The van der Waals surface area contributed by atoms with E-state index in [2.05, 4.69) is 4.99 Å². The van der Waals surface area contributed by atoms with Gasteiger partial charge in [0, 0.05) is 23.1 Å². The molecular formula is C24H22ClF4NO2. The summed E-state index contributed by atoms with van der Waals surface area (Å²) in [5.74, 6) is -1.43. The summed E-state index contributed by atoms with van der Waals surface area (Å²) in [5, 5.41) is 11.1. The highest BCUT2D eigenvalue weighted by Gasteiger charge is 2.60. The van der Waals surface area contributed by atoms with Crippen molar-refractivity contribution >= 4 is 23.5 Å². The van der Waals surface area contributed by atoms with Crippen LogP contribution in [0, 0.1) is 23.6 Å². The van der Waals surface area contributed by atoms with E-state index in [4.69, 9.17) is 16.3 Å². The lowest BCUT2D eigenvalue weighted by molar-refractivity contribution is -0.292. The van der Waals surface area contributed by atoms with E-state index in [1.54, 1.807) is 30.5 Å². The van der Waals surface area contributed by atoms with Crippen molar-refractivity contribution in [2.45, 2.75) is 31.0 Å². The van der Waals surface area contributed by atoms with E-state index >= 15 is 0 Å². The van der Waals surface area contributed by atoms with Crippen LogP contribution in [0.5, 0.6) is 5.75 Å². The predicted molar refractivity (Wildman–Crippen MR) is 115 cm³/mol. The van der Waals surface area contributed by atoms with Crippen LogP contribution in [0.1, 0.15) is 24.8 Å². The standard InChI is InChI=1S/C24H22ClF4NO2/c25-19-2-1-3-21(12-19)32-14-23(31,24(27,28)29)18-7-4-16-11-22(30-13-17(16)10-18)15-5-8-20(26)9-6-15/h1-3,5-6,8-9,11-13,16-18,31H,4,7,10,14H2. The van der Waals surface area contributed by atoms with Crippen molar-refractivity contribution in [3.63, 3.8) is 0 Å². The Labute approximate surface area is 188 Å².